The third kappa shape index (κ3) is 1.48. The molecule has 0 saturated heterocycles. The van der Waals surface area contributed by atoms with Crippen LogP contribution >= 0.6 is 0 Å². The van der Waals surface area contributed by atoms with Crippen LogP contribution in [0.5, 0.6) is 0 Å². The maximum Gasteiger partial charge on any atom is 0.0655 e. The van der Waals surface area contributed by atoms with Gasteiger partial charge in [0.25, 0.3) is 0 Å². The first-order chi connectivity index (χ1) is 5.97. The van der Waals surface area contributed by atoms with Crippen LogP contribution in [0.25, 0.3) is 5.70 Å². The Bertz CT molecular complexity index is 277. The van der Waals surface area contributed by atoms with Gasteiger partial charge in [0.2, 0.25) is 0 Å². The summed E-state index contributed by atoms with van der Waals surface area (Å²) in [4.78, 5) is 0. The maximum absolute atomic E-state index is 3.29. The zero-order valence-electron chi connectivity index (χ0n) is 6.88. The molecule has 0 spiro atoms. The predicted molar refractivity (Wildman–Crippen MR) is 50.4 cm³/mol. The highest BCUT2D eigenvalue weighted by Gasteiger charge is 2.02. The zero-order valence-corrected chi connectivity index (χ0v) is 6.88. The molecule has 0 fully saturated rings. The van der Waals surface area contributed by atoms with Crippen LogP contribution in [-0.4, -0.2) is 13.2 Å². The Kier molecular flexibility index (Phi) is 2.10. The molecule has 2 heteroatoms. The molecule has 2 nitrogen and oxygen atoms in total. The molecule has 0 bridgehead atoms. The number of nitrogens with one attached hydrogen (secondary N) is 2. The third-order valence-electron chi connectivity index (χ3n) is 1.94. The first kappa shape index (κ1) is 7.37. The van der Waals surface area contributed by atoms with Gasteiger partial charge in [0.1, 0.15) is 0 Å². The average Bonchev–Trinajstić information content (AvgIpc) is 2.21. The molecule has 1 aliphatic rings. The summed E-state index contributed by atoms with van der Waals surface area (Å²) in [5, 5.41) is 6.48. The lowest BCUT2D eigenvalue weighted by molar-refractivity contribution is 0.682. The van der Waals surface area contributed by atoms with Crippen LogP contribution in [0.15, 0.2) is 36.4 Å². The molecule has 0 aromatic heterocycles. The lowest BCUT2D eigenvalue weighted by atomic mass is 10.1. The Morgan fingerprint density at radius 1 is 1.08 bits per heavy atom. The average molecular weight is 160 g/mol. The minimum Gasteiger partial charge on any atom is -0.372 e. The van der Waals surface area contributed by atoms with Crippen molar-refractivity contribution in [2.45, 2.75) is 0 Å². The molecule has 0 amide bonds. The molecule has 12 heavy (non-hydrogen) atoms. The highest BCUT2D eigenvalue weighted by atomic mass is 15.1. The smallest absolute Gasteiger partial charge is 0.0655 e. The fraction of sp³-hybridized carbons (Fsp3) is 0.200. The van der Waals surface area contributed by atoms with E-state index in [1.165, 1.54) is 11.3 Å². The maximum atomic E-state index is 3.29. The Labute approximate surface area is 72.3 Å². The number of hydrogen-bond donors (Lipinski definition) is 2. The Morgan fingerprint density at radius 2 is 1.92 bits per heavy atom. The quantitative estimate of drug-likeness (QED) is 0.644. The first-order valence-electron chi connectivity index (χ1n) is 4.17. The number of rotatable bonds is 1. The van der Waals surface area contributed by atoms with Crippen LogP contribution in [0.3, 0.4) is 0 Å². The molecule has 0 unspecified atom stereocenters. The zero-order chi connectivity index (χ0) is 8.23. The minimum absolute atomic E-state index is 0.862. The van der Waals surface area contributed by atoms with Gasteiger partial charge in [-0.3, -0.25) is 5.32 Å². The second kappa shape index (κ2) is 3.41. The lowest BCUT2D eigenvalue weighted by Crippen LogP contribution is -2.32. The summed E-state index contributed by atoms with van der Waals surface area (Å²) in [7, 11) is 0. The van der Waals surface area contributed by atoms with E-state index in [0.29, 0.717) is 0 Å². The van der Waals surface area contributed by atoms with Crippen LogP contribution < -0.4 is 10.6 Å². The lowest BCUT2D eigenvalue weighted by Gasteiger charge is -2.16. The van der Waals surface area contributed by atoms with Crippen molar-refractivity contribution in [2.24, 2.45) is 0 Å². The number of hydrogen-bond acceptors (Lipinski definition) is 2. The van der Waals surface area contributed by atoms with E-state index in [9.17, 15) is 0 Å². The van der Waals surface area contributed by atoms with Crippen molar-refractivity contribution in [1.29, 1.82) is 0 Å². The molecule has 1 aliphatic heterocycles. The molecule has 0 radical (unpaired) electrons. The van der Waals surface area contributed by atoms with Crippen LogP contribution in [0.4, 0.5) is 0 Å². The summed E-state index contributed by atoms with van der Waals surface area (Å²) in [6.45, 7) is 1.82. The van der Waals surface area contributed by atoms with Gasteiger partial charge < -0.3 is 5.32 Å². The fourth-order valence-electron chi connectivity index (χ4n) is 1.31. The molecule has 0 aliphatic carbocycles. The Hall–Kier alpha value is -1.28. The van der Waals surface area contributed by atoms with Gasteiger partial charge in [-0.1, -0.05) is 30.3 Å². The molecule has 0 atom stereocenters. The van der Waals surface area contributed by atoms with Crippen molar-refractivity contribution in [3.05, 3.63) is 42.0 Å². The van der Waals surface area contributed by atoms with Crippen molar-refractivity contribution in [3.8, 4) is 0 Å². The summed E-state index contributed by atoms with van der Waals surface area (Å²) in [6, 6.07) is 10.4. The van der Waals surface area contributed by atoms with Gasteiger partial charge in [-0.15, -0.1) is 0 Å². The summed E-state index contributed by atoms with van der Waals surface area (Å²) >= 11 is 0. The van der Waals surface area contributed by atoms with E-state index < -0.39 is 0 Å². The highest BCUT2D eigenvalue weighted by molar-refractivity contribution is 5.64. The van der Waals surface area contributed by atoms with E-state index in [1.54, 1.807) is 0 Å². The summed E-state index contributed by atoms with van der Waals surface area (Å²) in [5.41, 5.74) is 2.49. The SMILES string of the molecule is C1=C(c2ccccc2)NCNC1. The fourth-order valence-corrected chi connectivity index (χ4v) is 1.31. The van der Waals surface area contributed by atoms with Gasteiger partial charge in [0, 0.05) is 12.2 Å². The molecule has 1 aromatic carbocycles. The minimum atomic E-state index is 0.862. The van der Waals surface area contributed by atoms with E-state index >= 15 is 0 Å². The van der Waals surface area contributed by atoms with Crippen molar-refractivity contribution in [3.63, 3.8) is 0 Å². The van der Waals surface area contributed by atoms with Gasteiger partial charge in [0.15, 0.2) is 0 Å². The van der Waals surface area contributed by atoms with Crippen LogP contribution in [0.1, 0.15) is 5.56 Å². The molecule has 2 rings (SSSR count). The third-order valence-corrected chi connectivity index (χ3v) is 1.94. The van der Waals surface area contributed by atoms with E-state index in [2.05, 4.69) is 41.0 Å². The van der Waals surface area contributed by atoms with Gasteiger partial charge in [-0.2, -0.15) is 0 Å². The van der Waals surface area contributed by atoms with Crippen molar-refractivity contribution >= 4 is 5.70 Å². The number of benzene rings is 1. The van der Waals surface area contributed by atoms with E-state index in [-0.39, 0.29) is 0 Å². The van der Waals surface area contributed by atoms with Crippen molar-refractivity contribution < 1.29 is 0 Å². The highest BCUT2D eigenvalue weighted by Crippen LogP contribution is 2.10. The van der Waals surface area contributed by atoms with Crippen molar-refractivity contribution in [2.75, 3.05) is 13.2 Å². The van der Waals surface area contributed by atoms with Gasteiger partial charge in [-0.05, 0) is 11.6 Å². The van der Waals surface area contributed by atoms with E-state index in [4.69, 9.17) is 0 Å². The summed E-state index contributed by atoms with van der Waals surface area (Å²) < 4.78 is 0. The Morgan fingerprint density at radius 3 is 2.58 bits per heavy atom. The normalized spacial score (nSPS) is 16.5. The molecule has 0 saturated carbocycles. The Balaban J connectivity index is 2.24. The molecule has 62 valence electrons. The largest absolute Gasteiger partial charge is 0.372 e. The van der Waals surface area contributed by atoms with Crippen LogP contribution in [0.2, 0.25) is 0 Å². The van der Waals surface area contributed by atoms with Crippen molar-refractivity contribution in [1.82, 2.24) is 10.6 Å². The van der Waals surface area contributed by atoms with Gasteiger partial charge in [0.05, 0.1) is 6.67 Å². The molecule has 1 heterocycles. The first-order valence-corrected chi connectivity index (χ1v) is 4.17. The van der Waals surface area contributed by atoms with Crippen LogP contribution in [0, 0.1) is 0 Å². The molecular formula is C10H12N2. The molecule has 1 aromatic rings. The summed E-state index contributed by atoms with van der Waals surface area (Å²) in [6.07, 6.45) is 2.17. The van der Waals surface area contributed by atoms with Gasteiger partial charge in [-0.25, -0.2) is 0 Å². The predicted octanol–water partition coefficient (Wildman–Crippen LogP) is 1.18. The molecule has 2 N–H and O–H groups in total. The molecular weight excluding hydrogens is 148 g/mol. The topological polar surface area (TPSA) is 24.1 Å². The van der Waals surface area contributed by atoms with Gasteiger partial charge >= 0.3 is 0 Å². The van der Waals surface area contributed by atoms with E-state index in [1.807, 2.05) is 6.07 Å². The van der Waals surface area contributed by atoms with E-state index in [0.717, 1.165) is 13.2 Å². The monoisotopic (exact) mass is 160 g/mol. The second-order valence-electron chi connectivity index (χ2n) is 2.79. The van der Waals surface area contributed by atoms with Crippen LogP contribution in [-0.2, 0) is 0 Å². The summed E-state index contributed by atoms with van der Waals surface area (Å²) in [5.74, 6) is 0. The second-order valence-corrected chi connectivity index (χ2v) is 2.79. The standard InChI is InChI=1S/C10H12N2/c1-2-4-9(5-3-1)10-6-7-11-8-12-10/h1-6,11-12H,7-8H2.